The molecule has 1 atom stereocenters. The van der Waals surface area contributed by atoms with Crippen LogP contribution in [-0.2, 0) is 11.2 Å². The van der Waals surface area contributed by atoms with Crippen LogP contribution in [0.25, 0.3) is 0 Å². The summed E-state index contributed by atoms with van der Waals surface area (Å²) in [5.41, 5.74) is -0.394. The lowest BCUT2D eigenvalue weighted by Crippen LogP contribution is -2.34. The van der Waals surface area contributed by atoms with Crippen molar-refractivity contribution in [1.82, 2.24) is 4.90 Å². The molecule has 0 bridgehead atoms. The number of β-amino-alcohol motifs (C(OH)–C–C–N with tert-alkyl or cyclic N) is 1. The van der Waals surface area contributed by atoms with Crippen molar-refractivity contribution in [2.45, 2.75) is 25.4 Å². The van der Waals surface area contributed by atoms with E-state index in [4.69, 9.17) is 0 Å². The molecule has 1 fully saturated rings. The fourth-order valence-electron chi connectivity index (χ4n) is 2.07. The van der Waals surface area contributed by atoms with Crippen molar-refractivity contribution in [2.75, 3.05) is 13.1 Å². The molecule has 2 rings (SSSR count). The summed E-state index contributed by atoms with van der Waals surface area (Å²) >= 11 is 0. The van der Waals surface area contributed by atoms with Crippen LogP contribution >= 0.6 is 0 Å². The molecule has 1 aromatic carbocycles. The van der Waals surface area contributed by atoms with E-state index < -0.39 is 5.60 Å². The van der Waals surface area contributed by atoms with Crippen LogP contribution in [0.2, 0.25) is 0 Å². The van der Waals surface area contributed by atoms with Gasteiger partial charge in [0, 0.05) is 13.1 Å². The molecular formula is C13H16FNO2. The standard InChI is InChI=1S/C13H16FNO2/c1-13(17)6-7-15(9-13)12(16)8-10-4-2-3-5-11(10)14/h2-5,17H,6-9H2,1H3. The molecule has 0 aliphatic carbocycles. The largest absolute Gasteiger partial charge is 0.388 e. The normalized spacial score (nSPS) is 24.1. The second kappa shape index (κ2) is 4.45. The maximum atomic E-state index is 13.4. The highest BCUT2D eigenvalue weighted by Crippen LogP contribution is 2.21. The highest BCUT2D eigenvalue weighted by molar-refractivity contribution is 5.79. The minimum atomic E-state index is -0.801. The quantitative estimate of drug-likeness (QED) is 0.843. The number of aliphatic hydroxyl groups is 1. The fraction of sp³-hybridized carbons (Fsp3) is 0.462. The molecule has 1 saturated heterocycles. The van der Waals surface area contributed by atoms with Gasteiger partial charge in [0.2, 0.25) is 5.91 Å². The summed E-state index contributed by atoms with van der Waals surface area (Å²) < 4.78 is 13.4. The van der Waals surface area contributed by atoms with Gasteiger partial charge in [0.25, 0.3) is 0 Å². The molecule has 17 heavy (non-hydrogen) atoms. The first kappa shape index (κ1) is 12.0. The van der Waals surface area contributed by atoms with Crippen LogP contribution in [0.3, 0.4) is 0 Å². The first-order valence-electron chi connectivity index (χ1n) is 5.71. The van der Waals surface area contributed by atoms with Gasteiger partial charge in [-0.05, 0) is 25.0 Å². The van der Waals surface area contributed by atoms with Crippen LogP contribution in [0, 0.1) is 5.82 Å². The molecule has 1 aliphatic heterocycles. The molecule has 4 heteroatoms. The lowest BCUT2D eigenvalue weighted by Gasteiger charge is -2.19. The number of hydrogen-bond acceptors (Lipinski definition) is 2. The Bertz CT molecular complexity index is 431. The summed E-state index contributed by atoms with van der Waals surface area (Å²) in [6, 6.07) is 6.28. The predicted molar refractivity (Wildman–Crippen MR) is 61.9 cm³/mol. The van der Waals surface area contributed by atoms with Crippen LogP contribution in [0.5, 0.6) is 0 Å². The number of amides is 1. The summed E-state index contributed by atoms with van der Waals surface area (Å²) in [5, 5.41) is 9.77. The molecule has 1 aromatic rings. The number of carbonyl (C=O) groups is 1. The lowest BCUT2D eigenvalue weighted by molar-refractivity contribution is -0.130. The Labute approximate surface area is 99.9 Å². The van der Waals surface area contributed by atoms with Gasteiger partial charge in [0.15, 0.2) is 0 Å². The zero-order valence-corrected chi connectivity index (χ0v) is 9.82. The van der Waals surface area contributed by atoms with E-state index in [2.05, 4.69) is 0 Å². The molecule has 92 valence electrons. The Morgan fingerprint density at radius 3 is 2.82 bits per heavy atom. The number of benzene rings is 1. The number of likely N-dealkylation sites (tertiary alicyclic amines) is 1. The monoisotopic (exact) mass is 237 g/mol. The average molecular weight is 237 g/mol. The lowest BCUT2D eigenvalue weighted by atomic mass is 10.1. The maximum absolute atomic E-state index is 13.4. The average Bonchev–Trinajstić information content (AvgIpc) is 2.62. The minimum absolute atomic E-state index is 0.0583. The van der Waals surface area contributed by atoms with Gasteiger partial charge in [-0.2, -0.15) is 0 Å². The second-order valence-electron chi connectivity index (χ2n) is 4.83. The summed E-state index contributed by atoms with van der Waals surface area (Å²) in [4.78, 5) is 13.5. The van der Waals surface area contributed by atoms with Crippen molar-refractivity contribution >= 4 is 5.91 Å². The third kappa shape index (κ3) is 2.82. The Kier molecular flexibility index (Phi) is 3.15. The van der Waals surface area contributed by atoms with Crippen molar-refractivity contribution in [2.24, 2.45) is 0 Å². The van der Waals surface area contributed by atoms with Gasteiger partial charge < -0.3 is 10.0 Å². The molecule has 1 amide bonds. The molecule has 1 N–H and O–H groups in total. The minimum Gasteiger partial charge on any atom is -0.388 e. The van der Waals surface area contributed by atoms with E-state index in [0.29, 0.717) is 25.1 Å². The first-order chi connectivity index (χ1) is 7.98. The molecule has 3 nitrogen and oxygen atoms in total. The maximum Gasteiger partial charge on any atom is 0.227 e. The Morgan fingerprint density at radius 2 is 2.24 bits per heavy atom. The van der Waals surface area contributed by atoms with Crippen molar-refractivity contribution < 1.29 is 14.3 Å². The molecule has 0 spiro atoms. The van der Waals surface area contributed by atoms with Crippen molar-refractivity contribution in [1.29, 1.82) is 0 Å². The molecule has 0 radical (unpaired) electrons. The van der Waals surface area contributed by atoms with E-state index in [0.717, 1.165) is 0 Å². The molecule has 0 aromatic heterocycles. The Hall–Kier alpha value is -1.42. The van der Waals surface area contributed by atoms with E-state index in [1.165, 1.54) is 6.07 Å². The summed E-state index contributed by atoms with van der Waals surface area (Å²) in [6.07, 6.45) is 0.638. The first-order valence-corrected chi connectivity index (χ1v) is 5.71. The van der Waals surface area contributed by atoms with Crippen molar-refractivity contribution in [3.05, 3.63) is 35.6 Å². The smallest absolute Gasteiger partial charge is 0.227 e. The van der Waals surface area contributed by atoms with Crippen LogP contribution in [0.4, 0.5) is 4.39 Å². The number of carbonyl (C=O) groups excluding carboxylic acids is 1. The number of nitrogens with zero attached hydrogens (tertiary/aromatic N) is 1. The van der Waals surface area contributed by atoms with Crippen molar-refractivity contribution in [3.8, 4) is 0 Å². The van der Waals surface area contributed by atoms with E-state index in [-0.39, 0.29) is 18.1 Å². The van der Waals surface area contributed by atoms with E-state index in [1.54, 1.807) is 30.0 Å². The third-order valence-corrected chi connectivity index (χ3v) is 3.10. The molecule has 0 saturated carbocycles. The molecular weight excluding hydrogens is 221 g/mol. The molecule has 1 aliphatic rings. The number of rotatable bonds is 2. The van der Waals surface area contributed by atoms with Gasteiger partial charge in [0.05, 0.1) is 12.0 Å². The van der Waals surface area contributed by atoms with E-state index in [9.17, 15) is 14.3 Å². The van der Waals surface area contributed by atoms with Crippen LogP contribution < -0.4 is 0 Å². The predicted octanol–water partition coefficient (Wildman–Crippen LogP) is 1.35. The Morgan fingerprint density at radius 1 is 1.53 bits per heavy atom. The summed E-state index contributed by atoms with van der Waals surface area (Å²) in [5.74, 6) is -0.486. The number of hydrogen-bond donors (Lipinski definition) is 1. The van der Waals surface area contributed by atoms with Gasteiger partial charge in [-0.3, -0.25) is 4.79 Å². The van der Waals surface area contributed by atoms with Crippen LogP contribution in [-0.4, -0.2) is 34.6 Å². The molecule has 1 heterocycles. The second-order valence-corrected chi connectivity index (χ2v) is 4.83. The highest BCUT2D eigenvalue weighted by atomic mass is 19.1. The zero-order valence-electron chi connectivity index (χ0n) is 9.82. The van der Waals surface area contributed by atoms with Gasteiger partial charge in [0.1, 0.15) is 5.82 Å². The van der Waals surface area contributed by atoms with Crippen molar-refractivity contribution in [3.63, 3.8) is 0 Å². The topological polar surface area (TPSA) is 40.5 Å². The zero-order chi connectivity index (χ0) is 12.5. The SMILES string of the molecule is CC1(O)CCN(C(=O)Cc2ccccc2F)C1. The van der Waals surface area contributed by atoms with Gasteiger partial charge in [-0.15, -0.1) is 0 Å². The Balaban J connectivity index is 2.01. The molecule has 1 unspecified atom stereocenters. The number of halogens is 1. The van der Waals surface area contributed by atoms with E-state index >= 15 is 0 Å². The van der Waals surface area contributed by atoms with E-state index in [1.807, 2.05) is 0 Å². The van der Waals surface area contributed by atoms with Crippen LogP contribution in [0.15, 0.2) is 24.3 Å². The van der Waals surface area contributed by atoms with Gasteiger partial charge in [-0.1, -0.05) is 18.2 Å². The van der Waals surface area contributed by atoms with Gasteiger partial charge >= 0.3 is 0 Å². The summed E-state index contributed by atoms with van der Waals surface area (Å²) in [7, 11) is 0. The summed E-state index contributed by atoms with van der Waals surface area (Å²) in [6.45, 7) is 2.59. The van der Waals surface area contributed by atoms with Gasteiger partial charge in [-0.25, -0.2) is 4.39 Å². The third-order valence-electron chi connectivity index (χ3n) is 3.10. The highest BCUT2D eigenvalue weighted by Gasteiger charge is 2.33. The fourth-order valence-corrected chi connectivity index (χ4v) is 2.07. The van der Waals surface area contributed by atoms with Crippen LogP contribution in [0.1, 0.15) is 18.9 Å².